The summed E-state index contributed by atoms with van der Waals surface area (Å²) in [6, 6.07) is 8.72. The molecule has 0 saturated carbocycles. The summed E-state index contributed by atoms with van der Waals surface area (Å²) in [4.78, 5) is 48.2. The summed E-state index contributed by atoms with van der Waals surface area (Å²) in [6.07, 6.45) is 0. The molecule has 0 unspecified atom stereocenters. The molecule has 3 aromatic heterocycles. The molecule has 0 fully saturated rings. The molecule has 2 N–H and O–H groups in total. The van der Waals surface area contributed by atoms with Gasteiger partial charge in [-0.15, -0.1) is 11.3 Å². The number of nitrogens with one attached hydrogen (secondary N) is 2. The van der Waals surface area contributed by atoms with Crippen LogP contribution in [0.25, 0.3) is 22.6 Å². The highest BCUT2D eigenvalue weighted by molar-refractivity contribution is 7.14. The van der Waals surface area contributed by atoms with E-state index in [4.69, 9.17) is 0 Å². The molecule has 0 atom stereocenters. The van der Waals surface area contributed by atoms with Crippen LogP contribution in [0.1, 0.15) is 10.5 Å². The van der Waals surface area contributed by atoms with Crippen molar-refractivity contribution >= 4 is 33.4 Å². The molecule has 0 radical (unpaired) electrons. The first kappa shape index (κ1) is 16.9. The Morgan fingerprint density at radius 3 is 2.70 bits per heavy atom. The minimum atomic E-state index is -0.585. The molecule has 0 bridgehead atoms. The highest BCUT2D eigenvalue weighted by Gasteiger charge is 2.16. The standard InChI is InChI=1S/C17H14N6O3S/c1-22-12(7-13(24)23(2)17(22)26)15(25)21-16-20-11(8-27-16)14-18-9-5-3-4-6-10(9)19-14/h3-8H,1-2H3,(H,18,19)(H,20,21,25). The van der Waals surface area contributed by atoms with Crippen LogP contribution in [-0.2, 0) is 14.1 Å². The number of aromatic nitrogens is 5. The Morgan fingerprint density at radius 2 is 1.93 bits per heavy atom. The third kappa shape index (κ3) is 2.95. The van der Waals surface area contributed by atoms with Gasteiger partial charge < -0.3 is 4.98 Å². The average molecular weight is 382 g/mol. The van der Waals surface area contributed by atoms with Crippen molar-refractivity contribution in [1.82, 2.24) is 24.1 Å². The van der Waals surface area contributed by atoms with Gasteiger partial charge in [0.05, 0.1) is 11.0 Å². The normalized spacial score (nSPS) is 11.0. The van der Waals surface area contributed by atoms with Crippen LogP contribution in [0.15, 0.2) is 45.3 Å². The molecule has 136 valence electrons. The number of amides is 1. The minimum Gasteiger partial charge on any atom is -0.337 e. The number of nitrogens with zero attached hydrogens (tertiary/aromatic N) is 4. The van der Waals surface area contributed by atoms with Gasteiger partial charge in [-0.3, -0.25) is 24.0 Å². The van der Waals surface area contributed by atoms with E-state index in [0.29, 0.717) is 16.6 Å². The molecule has 1 amide bonds. The van der Waals surface area contributed by atoms with Crippen molar-refractivity contribution in [1.29, 1.82) is 0 Å². The zero-order valence-electron chi connectivity index (χ0n) is 14.4. The molecule has 9 nitrogen and oxygen atoms in total. The Bertz CT molecular complexity index is 1260. The summed E-state index contributed by atoms with van der Waals surface area (Å²) in [5.41, 5.74) is 1.13. The summed E-state index contributed by atoms with van der Waals surface area (Å²) in [5.74, 6) is 0.00624. The molecular weight excluding hydrogens is 368 g/mol. The predicted octanol–water partition coefficient (Wildman–Crippen LogP) is 1.34. The molecule has 3 heterocycles. The summed E-state index contributed by atoms with van der Waals surface area (Å²) in [6.45, 7) is 0. The van der Waals surface area contributed by atoms with Gasteiger partial charge in [0.1, 0.15) is 11.4 Å². The van der Waals surface area contributed by atoms with E-state index >= 15 is 0 Å². The molecule has 0 aliphatic heterocycles. The van der Waals surface area contributed by atoms with Gasteiger partial charge in [0.15, 0.2) is 11.0 Å². The number of thiazole rings is 1. The van der Waals surface area contributed by atoms with Crippen LogP contribution in [0, 0.1) is 0 Å². The second-order valence-electron chi connectivity index (χ2n) is 5.86. The predicted molar refractivity (Wildman–Crippen MR) is 102 cm³/mol. The lowest BCUT2D eigenvalue weighted by Crippen LogP contribution is -2.40. The number of benzene rings is 1. The fourth-order valence-electron chi connectivity index (χ4n) is 2.63. The van der Waals surface area contributed by atoms with Crippen LogP contribution >= 0.6 is 11.3 Å². The van der Waals surface area contributed by atoms with Gasteiger partial charge in [0.2, 0.25) is 0 Å². The Labute approximate surface area is 156 Å². The quantitative estimate of drug-likeness (QED) is 0.555. The lowest BCUT2D eigenvalue weighted by molar-refractivity contribution is 0.101. The van der Waals surface area contributed by atoms with Gasteiger partial charge in [0.25, 0.3) is 11.5 Å². The maximum Gasteiger partial charge on any atom is 0.331 e. The Hall–Kier alpha value is -3.53. The van der Waals surface area contributed by atoms with E-state index < -0.39 is 17.2 Å². The Balaban J connectivity index is 1.62. The fourth-order valence-corrected chi connectivity index (χ4v) is 3.32. The zero-order chi connectivity index (χ0) is 19.1. The van der Waals surface area contributed by atoms with Gasteiger partial charge in [-0.25, -0.2) is 14.8 Å². The Morgan fingerprint density at radius 1 is 1.15 bits per heavy atom. The third-order valence-corrected chi connectivity index (χ3v) is 4.87. The van der Waals surface area contributed by atoms with E-state index in [9.17, 15) is 14.4 Å². The number of carbonyl (C=O) groups is 1. The number of H-pyrrole nitrogens is 1. The average Bonchev–Trinajstić information content (AvgIpc) is 3.29. The summed E-state index contributed by atoms with van der Waals surface area (Å²) in [5, 5.41) is 4.71. The van der Waals surface area contributed by atoms with Crippen molar-refractivity contribution in [3.05, 3.63) is 62.2 Å². The summed E-state index contributed by atoms with van der Waals surface area (Å²) >= 11 is 1.22. The van der Waals surface area contributed by atoms with Crippen molar-refractivity contribution in [2.24, 2.45) is 14.1 Å². The smallest absolute Gasteiger partial charge is 0.331 e. The lowest BCUT2D eigenvalue weighted by Gasteiger charge is -2.08. The van der Waals surface area contributed by atoms with Crippen molar-refractivity contribution in [2.75, 3.05) is 5.32 Å². The monoisotopic (exact) mass is 382 g/mol. The molecule has 0 spiro atoms. The van der Waals surface area contributed by atoms with Crippen molar-refractivity contribution in [2.45, 2.75) is 0 Å². The number of hydrogen-bond acceptors (Lipinski definition) is 6. The highest BCUT2D eigenvalue weighted by Crippen LogP contribution is 2.25. The van der Waals surface area contributed by atoms with E-state index in [1.54, 1.807) is 5.38 Å². The molecule has 0 saturated heterocycles. The van der Waals surface area contributed by atoms with E-state index in [-0.39, 0.29) is 5.69 Å². The van der Waals surface area contributed by atoms with E-state index in [1.165, 1.54) is 25.4 Å². The fraction of sp³-hybridized carbons (Fsp3) is 0.118. The van der Waals surface area contributed by atoms with Gasteiger partial charge in [0, 0.05) is 25.5 Å². The van der Waals surface area contributed by atoms with E-state index in [2.05, 4.69) is 20.3 Å². The van der Waals surface area contributed by atoms with Gasteiger partial charge in [-0.05, 0) is 12.1 Å². The second kappa shape index (κ2) is 6.32. The minimum absolute atomic E-state index is 0.0383. The van der Waals surface area contributed by atoms with Gasteiger partial charge >= 0.3 is 5.69 Å². The topological polar surface area (TPSA) is 115 Å². The first-order chi connectivity index (χ1) is 12.9. The molecule has 0 aliphatic carbocycles. The van der Waals surface area contributed by atoms with Crippen LogP contribution in [0.2, 0.25) is 0 Å². The second-order valence-corrected chi connectivity index (χ2v) is 6.72. The molecule has 27 heavy (non-hydrogen) atoms. The lowest BCUT2D eigenvalue weighted by atomic mass is 10.3. The maximum atomic E-state index is 12.5. The van der Waals surface area contributed by atoms with Gasteiger partial charge in [-0.2, -0.15) is 0 Å². The highest BCUT2D eigenvalue weighted by atomic mass is 32.1. The van der Waals surface area contributed by atoms with Crippen LogP contribution in [0.4, 0.5) is 5.13 Å². The van der Waals surface area contributed by atoms with E-state index in [0.717, 1.165) is 26.2 Å². The number of carbonyl (C=O) groups excluding carboxylic acids is 1. The number of fused-ring (bicyclic) bond motifs is 1. The van der Waals surface area contributed by atoms with Crippen LogP contribution < -0.4 is 16.6 Å². The largest absolute Gasteiger partial charge is 0.337 e. The maximum absolute atomic E-state index is 12.5. The number of aromatic amines is 1. The van der Waals surface area contributed by atoms with Crippen LogP contribution in [0.3, 0.4) is 0 Å². The summed E-state index contributed by atoms with van der Waals surface area (Å²) < 4.78 is 2.05. The SMILES string of the molecule is Cn1c(C(=O)Nc2nc(-c3nc4ccccc4[nH]3)cs2)cc(=O)n(C)c1=O. The van der Waals surface area contributed by atoms with Gasteiger partial charge in [-0.1, -0.05) is 12.1 Å². The number of imidazole rings is 1. The first-order valence-corrected chi connectivity index (χ1v) is 8.81. The Kier molecular flexibility index (Phi) is 3.96. The van der Waals surface area contributed by atoms with Crippen molar-refractivity contribution in [3.63, 3.8) is 0 Å². The molecule has 4 aromatic rings. The van der Waals surface area contributed by atoms with Crippen molar-refractivity contribution < 1.29 is 4.79 Å². The molecular formula is C17H14N6O3S. The van der Waals surface area contributed by atoms with Crippen molar-refractivity contribution in [3.8, 4) is 11.5 Å². The zero-order valence-corrected chi connectivity index (χ0v) is 15.2. The molecule has 0 aliphatic rings. The number of rotatable bonds is 3. The molecule has 4 rings (SSSR count). The molecule has 10 heteroatoms. The van der Waals surface area contributed by atoms with E-state index in [1.807, 2.05) is 24.3 Å². The van der Waals surface area contributed by atoms with Crippen LogP contribution in [0.5, 0.6) is 0 Å². The van der Waals surface area contributed by atoms with Crippen LogP contribution in [-0.4, -0.2) is 30.0 Å². The molecule has 1 aromatic carbocycles. The summed E-state index contributed by atoms with van der Waals surface area (Å²) in [7, 11) is 2.78. The first-order valence-electron chi connectivity index (χ1n) is 7.93. The number of para-hydroxylation sites is 2. The number of hydrogen-bond donors (Lipinski definition) is 2. The third-order valence-electron chi connectivity index (χ3n) is 4.12. The number of anilines is 1.